The monoisotopic (exact) mass is 447 g/mol. The molecular weight excluding hydrogens is 425 g/mol. The third-order valence-corrected chi connectivity index (χ3v) is 6.67. The molecular formula is C25H22FN3O4. The standard InChI is InChI=1S/C25H22FN3O4/c1-28-14-19(18-6-2-5-9-22(18)33-15-16-10-12-17(26)13-11-16)23(29(31)32)25(28)20-7-3-4-8-21(20)27-24(25)30/h2-13,19,23H,14-15H2,1H3,(H,27,30)/t19-,23+,25-/m1/s1. The first kappa shape index (κ1) is 21.1. The zero-order valence-corrected chi connectivity index (χ0v) is 17.9. The molecule has 0 aliphatic carbocycles. The van der Waals surface area contributed by atoms with Gasteiger partial charge in [-0.3, -0.25) is 19.8 Å². The van der Waals surface area contributed by atoms with Crippen molar-refractivity contribution in [3.05, 3.63) is 105 Å². The first-order chi connectivity index (χ1) is 15.9. The molecule has 2 aliphatic rings. The number of nitrogens with zero attached hydrogens (tertiary/aromatic N) is 2. The Bertz CT molecular complexity index is 1230. The summed E-state index contributed by atoms with van der Waals surface area (Å²) in [6.07, 6.45) is 0. The van der Waals surface area contributed by atoms with Gasteiger partial charge in [-0.1, -0.05) is 48.5 Å². The highest BCUT2D eigenvalue weighted by molar-refractivity contribution is 6.06. The molecule has 0 unspecified atom stereocenters. The lowest BCUT2D eigenvalue weighted by Gasteiger charge is -2.30. The molecule has 1 saturated heterocycles. The number of nitrogens with one attached hydrogen (secondary N) is 1. The molecule has 2 heterocycles. The van der Waals surface area contributed by atoms with Crippen LogP contribution < -0.4 is 10.1 Å². The van der Waals surface area contributed by atoms with Crippen LogP contribution in [0.3, 0.4) is 0 Å². The van der Waals surface area contributed by atoms with Crippen LogP contribution >= 0.6 is 0 Å². The van der Waals surface area contributed by atoms with Crippen molar-refractivity contribution in [2.75, 3.05) is 18.9 Å². The van der Waals surface area contributed by atoms with Crippen molar-refractivity contribution in [3.63, 3.8) is 0 Å². The van der Waals surface area contributed by atoms with E-state index in [1.165, 1.54) is 12.1 Å². The quantitative estimate of drug-likeness (QED) is 0.473. The van der Waals surface area contributed by atoms with Gasteiger partial charge in [-0.15, -0.1) is 0 Å². The van der Waals surface area contributed by atoms with Crippen molar-refractivity contribution in [2.24, 2.45) is 0 Å². The van der Waals surface area contributed by atoms with Crippen molar-refractivity contribution in [1.82, 2.24) is 4.90 Å². The molecule has 33 heavy (non-hydrogen) atoms. The lowest BCUT2D eigenvalue weighted by molar-refractivity contribution is -0.534. The summed E-state index contributed by atoms with van der Waals surface area (Å²) in [4.78, 5) is 27.2. The molecule has 8 heteroatoms. The Balaban J connectivity index is 1.54. The molecule has 0 bridgehead atoms. The summed E-state index contributed by atoms with van der Waals surface area (Å²) < 4.78 is 19.2. The van der Waals surface area contributed by atoms with Crippen molar-refractivity contribution in [1.29, 1.82) is 0 Å². The van der Waals surface area contributed by atoms with Crippen LogP contribution in [0.1, 0.15) is 22.6 Å². The third-order valence-electron chi connectivity index (χ3n) is 6.67. The molecule has 1 N–H and O–H groups in total. The number of benzene rings is 3. The number of rotatable bonds is 5. The molecule has 2 aliphatic heterocycles. The molecule has 0 aromatic heterocycles. The Labute approximate surface area is 189 Å². The van der Waals surface area contributed by atoms with Gasteiger partial charge in [-0.2, -0.15) is 0 Å². The smallest absolute Gasteiger partial charge is 0.256 e. The topological polar surface area (TPSA) is 84.7 Å². The number of likely N-dealkylation sites (N-methyl/N-ethyl adjacent to an activating group) is 1. The summed E-state index contributed by atoms with van der Waals surface area (Å²) in [5, 5.41) is 15.3. The van der Waals surface area contributed by atoms with Crippen LogP contribution in [0.15, 0.2) is 72.8 Å². The SMILES string of the molecule is CN1C[C@H](c2ccccc2OCc2ccc(F)cc2)[C@H]([N+](=O)[O-])[C@]12C(=O)Nc1ccccc12. The summed E-state index contributed by atoms with van der Waals surface area (Å²) in [6.45, 7) is 0.502. The van der Waals surface area contributed by atoms with E-state index in [1.807, 2.05) is 12.1 Å². The van der Waals surface area contributed by atoms with E-state index in [-0.39, 0.29) is 23.3 Å². The average molecular weight is 447 g/mol. The van der Waals surface area contributed by atoms with Crippen LogP contribution in [-0.2, 0) is 16.9 Å². The maximum atomic E-state index is 13.3. The number of carbonyl (C=O) groups is 1. The van der Waals surface area contributed by atoms with Gasteiger partial charge < -0.3 is 10.1 Å². The molecule has 1 amide bonds. The molecule has 3 aromatic carbocycles. The molecule has 3 atom stereocenters. The van der Waals surface area contributed by atoms with Crippen LogP contribution in [0.2, 0.25) is 0 Å². The number of para-hydroxylation sites is 2. The van der Waals surface area contributed by atoms with Crippen LogP contribution in [0.4, 0.5) is 10.1 Å². The molecule has 7 nitrogen and oxygen atoms in total. The van der Waals surface area contributed by atoms with Crippen LogP contribution in [0.25, 0.3) is 0 Å². The highest BCUT2D eigenvalue weighted by atomic mass is 19.1. The van der Waals surface area contributed by atoms with E-state index in [4.69, 9.17) is 4.74 Å². The third kappa shape index (κ3) is 3.25. The van der Waals surface area contributed by atoms with Gasteiger partial charge in [-0.05, 0) is 36.9 Å². The Morgan fingerprint density at radius 1 is 1.12 bits per heavy atom. The number of hydrogen-bond acceptors (Lipinski definition) is 5. The fourth-order valence-electron chi connectivity index (χ4n) is 5.22. The Morgan fingerprint density at radius 3 is 2.58 bits per heavy atom. The Morgan fingerprint density at radius 2 is 1.82 bits per heavy atom. The van der Waals surface area contributed by atoms with Crippen molar-refractivity contribution >= 4 is 11.6 Å². The number of hydrogen-bond donors (Lipinski definition) is 1. The summed E-state index contributed by atoms with van der Waals surface area (Å²) >= 11 is 0. The fourth-order valence-corrected chi connectivity index (χ4v) is 5.22. The first-order valence-electron chi connectivity index (χ1n) is 10.6. The van der Waals surface area contributed by atoms with Gasteiger partial charge in [0.25, 0.3) is 11.9 Å². The second kappa shape index (κ2) is 7.97. The second-order valence-electron chi connectivity index (χ2n) is 8.44. The summed E-state index contributed by atoms with van der Waals surface area (Å²) in [5.41, 5.74) is 1.26. The minimum absolute atomic E-state index is 0.192. The fraction of sp³-hybridized carbons (Fsp3) is 0.240. The minimum atomic E-state index is -1.41. The van der Waals surface area contributed by atoms with Crippen LogP contribution in [0.5, 0.6) is 5.75 Å². The lowest BCUT2D eigenvalue weighted by Crippen LogP contribution is -2.54. The van der Waals surface area contributed by atoms with Gasteiger partial charge in [0.2, 0.25) is 0 Å². The van der Waals surface area contributed by atoms with Crippen molar-refractivity contribution < 1.29 is 18.8 Å². The van der Waals surface area contributed by atoms with Gasteiger partial charge in [0.05, 0.1) is 5.92 Å². The molecule has 1 spiro atoms. The number of amides is 1. The number of carbonyl (C=O) groups excluding carboxylic acids is 1. The number of likely N-dealkylation sites (tertiary alicyclic amines) is 1. The predicted molar refractivity (Wildman–Crippen MR) is 120 cm³/mol. The van der Waals surface area contributed by atoms with E-state index in [2.05, 4.69) is 5.32 Å². The van der Waals surface area contributed by atoms with E-state index in [1.54, 1.807) is 60.5 Å². The van der Waals surface area contributed by atoms with E-state index in [0.29, 0.717) is 29.1 Å². The normalized spacial score (nSPS) is 24.0. The summed E-state index contributed by atoms with van der Waals surface area (Å²) in [6, 6.07) is 19.1. The van der Waals surface area contributed by atoms with Crippen LogP contribution in [0, 0.1) is 15.9 Å². The predicted octanol–water partition coefficient (Wildman–Crippen LogP) is 3.93. The highest BCUT2D eigenvalue weighted by Gasteiger charge is 2.68. The molecule has 0 radical (unpaired) electrons. The minimum Gasteiger partial charge on any atom is -0.489 e. The molecule has 0 saturated carbocycles. The number of ether oxygens (including phenoxy) is 1. The zero-order valence-electron chi connectivity index (χ0n) is 17.9. The molecule has 168 valence electrons. The molecule has 5 rings (SSSR count). The number of halogens is 1. The highest BCUT2D eigenvalue weighted by Crippen LogP contribution is 2.52. The van der Waals surface area contributed by atoms with Crippen molar-refractivity contribution in [2.45, 2.75) is 24.1 Å². The lowest BCUT2D eigenvalue weighted by atomic mass is 9.79. The van der Waals surface area contributed by atoms with Gasteiger partial charge >= 0.3 is 0 Å². The van der Waals surface area contributed by atoms with Gasteiger partial charge in [0, 0.05) is 28.3 Å². The van der Waals surface area contributed by atoms with E-state index in [9.17, 15) is 19.3 Å². The maximum Gasteiger partial charge on any atom is 0.256 e. The van der Waals surface area contributed by atoms with E-state index < -0.39 is 17.5 Å². The maximum absolute atomic E-state index is 13.3. The average Bonchev–Trinajstić information content (AvgIpc) is 3.28. The Hall–Kier alpha value is -3.78. The summed E-state index contributed by atoms with van der Waals surface area (Å²) in [7, 11) is 1.75. The van der Waals surface area contributed by atoms with E-state index >= 15 is 0 Å². The number of fused-ring (bicyclic) bond motifs is 2. The van der Waals surface area contributed by atoms with Crippen LogP contribution in [-0.4, -0.2) is 35.4 Å². The largest absolute Gasteiger partial charge is 0.489 e. The first-order valence-corrected chi connectivity index (χ1v) is 10.6. The van der Waals surface area contributed by atoms with Gasteiger partial charge in [0.1, 0.15) is 18.2 Å². The Kier molecular flexibility index (Phi) is 5.09. The van der Waals surface area contributed by atoms with E-state index in [0.717, 1.165) is 5.56 Å². The summed E-state index contributed by atoms with van der Waals surface area (Å²) in [5.74, 6) is -0.787. The molecule has 1 fully saturated rings. The van der Waals surface area contributed by atoms with Gasteiger partial charge in [-0.25, -0.2) is 4.39 Å². The van der Waals surface area contributed by atoms with Crippen molar-refractivity contribution in [3.8, 4) is 5.75 Å². The number of nitro groups is 1. The number of anilines is 1. The second-order valence-corrected chi connectivity index (χ2v) is 8.44. The molecule has 3 aromatic rings. The zero-order chi connectivity index (χ0) is 23.2. The van der Waals surface area contributed by atoms with Gasteiger partial charge in [0.15, 0.2) is 5.54 Å².